The average Bonchev–Trinajstić information content (AvgIpc) is 2.61. The average molecular weight is 152 g/mol. The van der Waals surface area contributed by atoms with E-state index < -0.39 is 0 Å². The van der Waals surface area contributed by atoms with Crippen molar-refractivity contribution in [2.75, 3.05) is 0 Å². The van der Waals surface area contributed by atoms with Crippen molar-refractivity contribution in [1.82, 2.24) is 10.1 Å². The van der Waals surface area contributed by atoms with Crippen LogP contribution in [-0.2, 0) is 11.8 Å². The summed E-state index contributed by atoms with van der Waals surface area (Å²) in [5, 5.41) is 3.86. The lowest BCUT2D eigenvalue weighted by atomic mass is 10.1. The molecule has 0 atom stereocenters. The monoisotopic (exact) mass is 152 g/mol. The number of hydrogen-bond donors (Lipinski definition) is 0. The quantitative estimate of drug-likeness (QED) is 0.647. The highest BCUT2D eigenvalue weighted by molar-refractivity contribution is 5.12. The van der Waals surface area contributed by atoms with E-state index in [1.54, 1.807) is 0 Å². The van der Waals surface area contributed by atoms with E-state index in [1.165, 1.54) is 12.8 Å². The minimum absolute atomic E-state index is 0.223. The van der Waals surface area contributed by atoms with Gasteiger partial charge in [-0.15, -0.1) is 0 Å². The lowest BCUT2D eigenvalue weighted by Crippen LogP contribution is -1.99. The van der Waals surface area contributed by atoms with E-state index in [4.69, 9.17) is 4.52 Å². The second kappa shape index (κ2) is 2.06. The van der Waals surface area contributed by atoms with Gasteiger partial charge in [0.25, 0.3) is 0 Å². The van der Waals surface area contributed by atoms with Gasteiger partial charge in [0.15, 0.2) is 5.82 Å². The maximum absolute atomic E-state index is 5.12. The fourth-order valence-electron chi connectivity index (χ4n) is 1.04. The first kappa shape index (κ1) is 6.83. The SMILES string of the molecule is CCc1noc(C2(C)CC2)n1. The van der Waals surface area contributed by atoms with Gasteiger partial charge in [-0.25, -0.2) is 0 Å². The molecule has 0 spiro atoms. The van der Waals surface area contributed by atoms with Crippen molar-refractivity contribution in [3.63, 3.8) is 0 Å². The molecule has 0 unspecified atom stereocenters. The Morgan fingerprint density at radius 2 is 2.27 bits per heavy atom. The molecule has 0 N–H and O–H groups in total. The van der Waals surface area contributed by atoms with Gasteiger partial charge in [-0.05, 0) is 12.8 Å². The van der Waals surface area contributed by atoms with Crippen LogP contribution in [0.5, 0.6) is 0 Å². The maximum Gasteiger partial charge on any atom is 0.232 e. The molecule has 0 saturated heterocycles. The second-order valence-corrected chi connectivity index (χ2v) is 3.43. The van der Waals surface area contributed by atoms with Crippen molar-refractivity contribution in [3.05, 3.63) is 11.7 Å². The summed E-state index contributed by atoms with van der Waals surface area (Å²) in [5.41, 5.74) is 0.223. The van der Waals surface area contributed by atoms with Gasteiger partial charge in [0, 0.05) is 11.8 Å². The lowest BCUT2D eigenvalue weighted by molar-refractivity contribution is 0.349. The highest BCUT2D eigenvalue weighted by Crippen LogP contribution is 2.46. The van der Waals surface area contributed by atoms with Gasteiger partial charge < -0.3 is 4.52 Å². The molecular weight excluding hydrogens is 140 g/mol. The number of aromatic nitrogens is 2. The first-order valence-electron chi connectivity index (χ1n) is 4.08. The van der Waals surface area contributed by atoms with Crippen LogP contribution in [-0.4, -0.2) is 10.1 Å². The van der Waals surface area contributed by atoms with Gasteiger partial charge in [-0.3, -0.25) is 0 Å². The van der Waals surface area contributed by atoms with Gasteiger partial charge in [-0.1, -0.05) is 19.0 Å². The number of rotatable bonds is 2. The molecule has 1 aliphatic carbocycles. The van der Waals surface area contributed by atoms with E-state index in [2.05, 4.69) is 17.1 Å². The molecule has 3 nitrogen and oxygen atoms in total. The van der Waals surface area contributed by atoms with E-state index >= 15 is 0 Å². The van der Waals surface area contributed by atoms with Crippen LogP contribution in [0.1, 0.15) is 38.4 Å². The summed E-state index contributed by atoms with van der Waals surface area (Å²) in [6, 6.07) is 0. The van der Waals surface area contributed by atoms with E-state index in [9.17, 15) is 0 Å². The molecule has 1 aromatic rings. The normalized spacial score (nSPS) is 20.2. The summed E-state index contributed by atoms with van der Waals surface area (Å²) in [6.07, 6.45) is 3.25. The van der Waals surface area contributed by atoms with Crippen LogP contribution in [0.25, 0.3) is 0 Å². The fraction of sp³-hybridized carbons (Fsp3) is 0.750. The molecule has 1 heterocycles. The van der Waals surface area contributed by atoms with Crippen LogP contribution in [0.2, 0.25) is 0 Å². The smallest absolute Gasteiger partial charge is 0.232 e. The van der Waals surface area contributed by atoms with Gasteiger partial charge in [0.1, 0.15) is 0 Å². The molecule has 2 rings (SSSR count). The van der Waals surface area contributed by atoms with E-state index in [1.807, 2.05) is 6.92 Å². The minimum atomic E-state index is 0.223. The Balaban J connectivity index is 2.25. The molecule has 0 aliphatic heterocycles. The van der Waals surface area contributed by atoms with E-state index in [0.717, 1.165) is 18.1 Å². The van der Waals surface area contributed by atoms with E-state index in [0.29, 0.717) is 0 Å². The summed E-state index contributed by atoms with van der Waals surface area (Å²) in [6.45, 7) is 4.20. The summed E-state index contributed by atoms with van der Waals surface area (Å²) < 4.78 is 5.12. The van der Waals surface area contributed by atoms with Crippen molar-refractivity contribution in [1.29, 1.82) is 0 Å². The van der Waals surface area contributed by atoms with Crippen molar-refractivity contribution in [2.45, 2.75) is 38.5 Å². The maximum atomic E-state index is 5.12. The molecule has 1 fully saturated rings. The molecular formula is C8H12N2O. The van der Waals surface area contributed by atoms with Crippen LogP contribution >= 0.6 is 0 Å². The molecule has 0 radical (unpaired) electrons. The molecule has 11 heavy (non-hydrogen) atoms. The third-order valence-corrected chi connectivity index (χ3v) is 2.30. The van der Waals surface area contributed by atoms with Gasteiger partial charge in [0.05, 0.1) is 0 Å². The van der Waals surface area contributed by atoms with Crippen molar-refractivity contribution in [2.24, 2.45) is 0 Å². The first-order valence-corrected chi connectivity index (χ1v) is 4.08. The second-order valence-electron chi connectivity index (χ2n) is 3.43. The molecule has 60 valence electrons. The van der Waals surface area contributed by atoms with Crippen LogP contribution in [0.4, 0.5) is 0 Å². The molecule has 0 bridgehead atoms. The Hall–Kier alpha value is -0.860. The van der Waals surface area contributed by atoms with Gasteiger partial charge in [-0.2, -0.15) is 4.98 Å². The Bertz CT molecular complexity index is 263. The van der Waals surface area contributed by atoms with Crippen molar-refractivity contribution >= 4 is 0 Å². The molecule has 1 aliphatic rings. The highest BCUT2D eigenvalue weighted by Gasteiger charge is 2.44. The predicted octanol–water partition coefficient (Wildman–Crippen LogP) is 1.68. The molecule has 0 amide bonds. The number of aryl methyl sites for hydroxylation is 1. The first-order chi connectivity index (χ1) is 5.24. The number of nitrogens with zero attached hydrogens (tertiary/aromatic N) is 2. The molecule has 3 heteroatoms. The predicted molar refractivity (Wildman–Crippen MR) is 40.3 cm³/mol. The molecule has 0 aromatic carbocycles. The number of hydrogen-bond acceptors (Lipinski definition) is 3. The zero-order chi connectivity index (χ0) is 7.90. The topological polar surface area (TPSA) is 38.9 Å². The van der Waals surface area contributed by atoms with Crippen LogP contribution in [0, 0.1) is 0 Å². The Morgan fingerprint density at radius 1 is 1.55 bits per heavy atom. The Kier molecular flexibility index (Phi) is 1.28. The standard InChI is InChI=1S/C8H12N2O/c1-3-6-9-7(11-10-6)8(2)4-5-8/h3-5H2,1-2H3. The lowest BCUT2D eigenvalue weighted by Gasteiger charge is -1.96. The molecule has 1 saturated carbocycles. The summed E-state index contributed by atoms with van der Waals surface area (Å²) >= 11 is 0. The van der Waals surface area contributed by atoms with Gasteiger partial charge >= 0.3 is 0 Å². The minimum Gasteiger partial charge on any atom is -0.339 e. The largest absolute Gasteiger partial charge is 0.339 e. The van der Waals surface area contributed by atoms with Crippen molar-refractivity contribution in [3.8, 4) is 0 Å². The third-order valence-electron chi connectivity index (χ3n) is 2.30. The van der Waals surface area contributed by atoms with Gasteiger partial charge in [0.2, 0.25) is 5.89 Å². The van der Waals surface area contributed by atoms with Crippen LogP contribution in [0.15, 0.2) is 4.52 Å². The van der Waals surface area contributed by atoms with Crippen LogP contribution < -0.4 is 0 Å². The highest BCUT2D eigenvalue weighted by atomic mass is 16.5. The summed E-state index contributed by atoms with van der Waals surface area (Å²) in [5.74, 6) is 1.66. The zero-order valence-corrected chi connectivity index (χ0v) is 6.92. The zero-order valence-electron chi connectivity index (χ0n) is 6.92. The summed E-state index contributed by atoms with van der Waals surface area (Å²) in [4.78, 5) is 4.28. The molecule has 1 aromatic heterocycles. The summed E-state index contributed by atoms with van der Waals surface area (Å²) in [7, 11) is 0. The Morgan fingerprint density at radius 3 is 2.73 bits per heavy atom. The van der Waals surface area contributed by atoms with Crippen molar-refractivity contribution < 1.29 is 4.52 Å². The van der Waals surface area contributed by atoms with Crippen LogP contribution in [0.3, 0.4) is 0 Å². The third kappa shape index (κ3) is 1.04. The Labute approximate surface area is 65.8 Å². The fourth-order valence-corrected chi connectivity index (χ4v) is 1.04. The van der Waals surface area contributed by atoms with E-state index in [-0.39, 0.29) is 5.41 Å².